The van der Waals surface area contributed by atoms with Gasteiger partial charge < -0.3 is 0 Å². The second-order valence-corrected chi connectivity index (χ2v) is 7.65. The molecule has 1 unspecified atom stereocenters. The van der Waals surface area contributed by atoms with Gasteiger partial charge in [0.2, 0.25) is 0 Å². The van der Waals surface area contributed by atoms with Gasteiger partial charge in [-0.05, 0) is 44.5 Å². The first kappa shape index (κ1) is 15.9. The van der Waals surface area contributed by atoms with Crippen LogP contribution in [0.1, 0.15) is 23.9 Å². The zero-order valence-corrected chi connectivity index (χ0v) is 14.7. The standard InChI is InChI=1S/C20H22N2S/c1-16-14-17(2)22(21-16)20(3,15-18-10-6-4-7-11-18)23-19-12-8-5-9-13-19/h4-14H,15H2,1-3H3. The summed E-state index contributed by atoms with van der Waals surface area (Å²) in [5, 5.41) is 4.77. The van der Waals surface area contributed by atoms with E-state index in [4.69, 9.17) is 5.10 Å². The highest BCUT2D eigenvalue weighted by molar-refractivity contribution is 8.00. The number of benzene rings is 2. The molecule has 0 saturated heterocycles. The van der Waals surface area contributed by atoms with E-state index in [1.807, 2.05) is 11.8 Å². The third-order valence-corrected chi connectivity index (χ3v) is 5.18. The van der Waals surface area contributed by atoms with Crippen LogP contribution in [0.15, 0.2) is 71.6 Å². The number of aryl methyl sites for hydroxylation is 2. The molecule has 1 heterocycles. The van der Waals surface area contributed by atoms with Crippen LogP contribution in [0, 0.1) is 13.8 Å². The lowest BCUT2D eigenvalue weighted by Crippen LogP contribution is -2.31. The number of rotatable bonds is 5. The molecule has 0 amide bonds. The van der Waals surface area contributed by atoms with Crippen LogP contribution in [0.3, 0.4) is 0 Å². The highest BCUT2D eigenvalue weighted by Gasteiger charge is 2.30. The highest BCUT2D eigenvalue weighted by Crippen LogP contribution is 2.40. The van der Waals surface area contributed by atoms with E-state index in [2.05, 4.69) is 92.2 Å². The maximum absolute atomic E-state index is 4.77. The monoisotopic (exact) mass is 322 g/mol. The van der Waals surface area contributed by atoms with Crippen molar-refractivity contribution in [3.05, 3.63) is 83.7 Å². The summed E-state index contributed by atoms with van der Waals surface area (Å²) >= 11 is 1.87. The van der Waals surface area contributed by atoms with Crippen LogP contribution in [-0.4, -0.2) is 9.78 Å². The lowest BCUT2D eigenvalue weighted by Gasteiger charge is -2.31. The SMILES string of the molecule is Cc1cc(C)n(C(C)(Cc2ccccc2)Sc2ccccc2)n1. The van der Waals surface area contributed by atoms with E-state index in [0.717, 1.165) is 12.1 Å². The van der Waals surface area contributed by atoms with Gasteiger partial charge in [0.1, 0.15) is 4.87 Å². The van der Waals surface area contributed by atoms with Crippen molar-refractivity contribution in [1.29, 1.82) is 0 Å². The molecule has 1 atom stereocenters. The van der Waals surface area contributed by atoms with E-state index in [1.165, 1.54) is 16.2 Å². The van der Waals surface area contributed by atoms with Crippen molar-refractivity contribution < 1.29 is 0 Å². The normalized spacial score (nSPS) is 13.7. The second kappa shape index (κ2) is 6.63. The molecule has 3 rings (SSSR count). The maximum Gasteiger partial charge on any atom is 0.114 e. The summed E-state index contributed by atoms with van der Waals surface area (Å²) in [6, 6.07) is 23.4. The van der Waals surface area contributed by atoms with Gasteiger partial charge in [-0.3, -0.25) is 4.68 Å². The lowest BCUT2D eigenvalue weighted by atomic mass is 10.1. The van der Waals surface area contributed by atoms with Gasteiger partial charge in [-0.2, -0.15) is 5.10 Å². The Kier molecular flexibility index (Phi) is 4.58. The van der Waals surface area contributed by atoms with Crippen LogP contribution in [0.25, 0.3) is 0 Å². The van der Waals surface area contributed by atoms with E-state index in [1.54, 1.807) is 0 Å². The molecule has 118 valence electrons. The van der Waals surface area contributed by atoms with Crippen molar-refractivity contribution in [2.75, 3.05) is 0 Å². The molecular formula is C20H22N2S. The fraction of sp³-hybridized carbons (Fsp3) is 0.250. The molecule has 0 spiro atoms. The van der Waals surface area contributed by atoms with E-state index in [-0.39, 0.29) is 4.87 Å². The quantitative estimate of drug-likeness (QED) is 0.600. The molecule has 2 nitrogen and oxygen atoms in total. The summed E-state index contributed by atoms with van der Waals surface area (Å²) in [6.07, 6.45) is 0.926. The number of hydrogen-bond acceptors (Lipinski definition) is 2. The number of aromatic nitrogens is 2. The van der Waals surface area contributed by atoms with Crippen molar-refractivity contribution in [2.45, 2.75) is 37.0 Å². The van der Waals surface area contributed by atoms with Gasteiger partial charge in [-0.1, -0.05) is 60.3 Å². The van der Waals surface area contributed by atoms with Crippen LogP contribution < -0.4 is 0 Å². The van der Waals surface area contributed by atoms with Gasteiger partial charge in [-0.15, -0.1) is 0 Å². The molecule has 3 aromatic rings. The second-order valence-electron chi connectivity index (χ2n) is 6.09. The Bertz CT molecular complexity index is 721. The molecule has 2 aromatic carbocycles. The van der Waals surface area contributed by atoms with Crippen molar-refractivity contribution in [3.8, 4) is 0 Å². The molecule has 0 aliphatic carbocycles. The zero-order valence-electron chi connectivity index (χ0n) is 13.9. The van der Waals surface area contributed by atoms with Crippen LogP contribution >= 0.6 is 11.8 Å². The van der Waals surface area contributed by atoms with Crippen molar-refractivity contribution in [3.63, 3.8) is 0 Å². The maximum atomic E-state index is 4.77. The van der Waals surface area contributed by atoms with Crippen LogP contribution in [0.5, 0.6) is 0 Å². The Morgan fingerprint density at radius 3 is 2.13 bits per heavy atom. The Morgan fingerprint density at radius 1 is 0.957 bits per heavy atom. The molecule has 0 aliphatic heterocycles. The minimum Gasteiger partial charge on any atom is -0.253 e. The van der Waals surface area contributed by atoms with E-state index in [0.29, 0.717) is 0 Å². The first-order valence-electron chi connectivity index (χ1n) is 7.88. The average molecular weight is 322 g/mol. The number of nitrogens with zero attached hydrogens (tertiary/aromatic N) is 2. The van der Waals surface area contributed by atoms with E-state index >= 15 is 0 Å². The predicted molar refractivity (Wildman–Crippen MR) is 97.8 cm³/mol. The minimum atomic E-state index is -0.166. The van der Waals surface area contributed by atoms with E-state index < -0.39 is 0 Å². The van der Waals surface area contributed by atoms with E-state index in [9.17, 15) is 0 Å². The highest BCUT2D eigenvalue weighted by atomic mass is 32.2. The molecule has 0 fully saturated rings. The molecule has 0 aliphatic rings. The topological polar surface area (TPSA) is 17.8 Å². The Labute approximate surface area is 142 Å². The van der Waals surface area contributed by atoms with Gasteiger partial charge in [0.05, 0.1) is 5.69 Å². The van der Waals surface area contributed by atoms with Gasteiger partial charge in [-0.25, -0.2) is 0 Å². The smallest absolute Gasteiger partial charge is 0.114 e. The molecule has 0 saturated carbocycles. The first-order chi connectivity index (χ1) is 11.1. The molecule has 23 heavy (non-hydrogen) atoms. The van der Waals surface area contributed by atoms with Gasteiger partial charge >= 0.3 is 0 Å². The molecule has 0 bridgehead atoms. The van der Waals surface area contributed by atoms with Crippen LogP contribution in [0.2, 0.25) is 0 Å². The largest absolute Gasteiger partial charge is 0.253 e. The van der Waals surface area contributed by atoms with Crippen LogP contribution in [0.4, 0.5) is 0 Å². The Morgan fingerprint density at radius 2 is 1.57 bits per heavy atom. The molecule has 0 N–H and O–H groups in total. The molecule has 1 aromatic heterocycles. The molecule has 0 radical (unpaired) electrons. The Hall–Kier alpha value is -2.00. The Balaban J connectivity index is 2.00. The summed E-state index contributed by atoms with van der Waals surface area (Å²) in [7, 11) is 0. The summed E-state index contributed by atoms with van der Waals surface area (Å²) in [4.78, 5) is 1.10. The summed E-state index contributed by atoms with van der Waals surface area (Å²) in [5.74, 6) is 0. The number of hydrogen-bond donors (Lipinski definition) is 0. The summed E-state index contributed by atoms with van der Waals surface area (Å²) < 4.78 is 2.17. The molecule has 3 heteroatoms. The van der Waals surface area contributed by atoms with Gasteiger partial charge in [0, 0.05) is 17.0 Å². The fourth-order valence-electron chi connectivity index (χ4n) is 2.98. The van der Waals surface area contributed by atoms with Crippen molar-refractivity contribution >= 4 is 11.8 Å². The summed E-state index contributed by atoms with van der Waals surface area (Å²) in [6.45, 7) is 6.46. The molecular weight excluding hydrogens is 300 g/mol. The third-order valence-electron chi connectivity index (χ3n) is 3.91. The van der Waals surface area contributed by atoms with Crippen LogP contribution in [-0.2, 0) is 11.3 Å². The lowest BCUT2D eigenvalue weighted by molar-refractivity contribution is 0.423. The summed E-state index contributed by atoms with van der Waals surface area (Å²) in [5.41, 5.74) is 3.59. The van der Waals surface area contributed by atoms with Crippen molar-refractivity contribution in [1.82, 2.24) is 9.78 Å². The zero-order chi connectivity index (χ0) is 16.3. The number of thioether (sulfide) groups is 1. The third kappa shape index (κ3) is 3.67. The van der Waals surface area contributed by atoms with Gasteiger partial charge in [0.15, 0.2) is 0 Å². The fourth-order valence-corrected chi connectivity index (χ4v) is 4.29. The predicted octanol–water partition coefficient (Wildman–Crippen LogP) is 5.21. The first-order valence-corrected chi connectivity index (χ1v) is 8.70. The minimum absolute atomic E-state index is 0.166. The average Bonchev–Trinajstić information content (AvgIpc) is 2.88. The van der Waals surface area contributed by atoms with Gasteiger partial charge in [0.25, 0.3) is 0 Å². The van der Waals surface area contributed by atoms with Crippen molar-refractivity contribution in [2.24, 2.45) is 0 Å².